The quantitative estimate of drug-likeness (QED) is 0.467. The average Bonchev–Trinajstić information content (AvgIpc) is 3.18. The standard InChI is InChI=1S/C25H36N4O2/c1-16(2)23-13-21(18(4)12-22(23)15-26-10-11-27-19(5)30)14-24-28-29-25(31-24)20-8-6-17(3)7-9-20/h6-9,12,16,21-23,26H,10-11,13-15H2,1-5H3,(H,27,30). The van der Waals surface area contributed by atoms with Gasteiger partial charge < -0.3 is 15.1 Å². The van der Waals surface area contributed by atoms with Gasteiger partial charge in [-0.3, -0.25) is 4.79 Å². The van der Waals surface area contributed by atoms with Gasteiger partial charge in [-0.05, 0) is 56.1 Å². The van der Waals surface area contributed by atoms with Crippen molar-refractivity contribution in [2.24, 2.45) is 23.7 Å². The van der Waals surface area contributed by atoms with Gasteiger partial charge in [0, 0.05) is 38.5 Å². The Bertz CT molecular complexity index is 885. The fourth-order valence-corrected chi connectivity index (χ4v) is 4.46. The van der Waals surface area contributed by atoms with Gasteiger partial charge in [-0.2, -0.15) is 0 Å². The largest absolute Gasteiger partial charge is 0.421 e. The van der Waals surface area contributed by atoms with E-state index in [0.717, 1.165) is 31.5 Å². The summed E-state index contributed by atoms with van der Waals surface area (Å²) in [5.74, 6) is 3.44. The molecule has 0 saturated carbocycles. The van der Waals surface area contributed by atoms with Crippen molar-refractivity contribution in [3.05, 3.63) is 47.4 Å². The van der Waals surface area contributed by atoms with Crippen LogP contribution in [-0.2, 0) is 11.2 Å². The minimum Gasteiger partial charge on any atom is -0.421 e. The summed E-state index contributed by atoms with van der Waals surface area (Å²) in [6.07, 6.45) is 4.34. The van der Waals surface area contributed by atoms with Crippen molar-refractivity contribution in [3.63, 3.8) is 0 Å². The lowest BCUT2D eigenvalue weighted by Crippen LogP contribution is -2.37. The number of carbonyl (C=O) groups is 1. The van der Waals surface area contributed by atoms with E-state index in [4.69, 9.17) is 4.42 Å². The third-order valence-corrected chi connectivity index (χ3v) is 6.33. The Labute approximate surface area is 185 Å². The van der Waals surface area contributed by atoms with Crippen LogP contribution in [0.1, 0.15) is 45.6 Å². The first kappa shape index (κ1) is 23.2. The molecule has 0 spiro atoms. The van der Waals surface area contributed by atoms with E-state index in [2.05, 4.69) is 66.7 Å². The summed E-state index contributed by atoms with van der Waals surface area (Å²) < 4.78 is 6.00. The van der Waals surface area contributed by atoms with Gasteiger partial charge in [0.2, 0.25) is 17.7 Å². The predicted molar refractivity (Wildman–Crippen MR) is 123 cm³/mol. The maximum absolute atomic E-state index is 11.0. The van der Waals surface area contributed by atoms with E-state index in [1.807, 2.05) is 12.1 Å². The molecule has 1 heterocycles. The zero-order valence-electron chi connectivity index (χ0n) is 19.4. The van der Waals surface area contributed by atoms with Crippen molar-refractivity contribution in [1.29, 1.82) is 0 Å². The van der Waals surface area contributed by atoms with Crippen molar-refractivity contribution >= 4 is 5.91 Å². The lowest BCUT2D eigenvalue weighted by atomic mass is 9.70. The number of allylic oxidation sites excluding steroid dienone is 1. The Balaban J connectivity index is 1.62. The van der Waals surface area contributed by atoms with Gasteiger partial charge in [0.1, 0.15) is 0 Å². The summed E-state index contributed by atoms with van der Waals surface area (Å²) in [4.78, 5) is 11.0. The Kier molecular flexibility index (Phi) is 8.02. The molecule has 2 aromatic rings. The zero-order chi connectivity index (χ0) is 22.4. The first-order valence-electron chi connectivity index (χ1n) is 11.4. The molecule has 1 aromatic heterocycles. The maximum atomic E-state index is 11.0. The highest BCUT2D eigenvalue weighted by atomic mass is 16.4. The molecule has 3 atom stereocenters. The second-order valence-electron chi connectivity index (χ2n) is 9.17. The Morgan fingerprint density at radius 1 is 1.16 bits per heavy atom. The highest BCUT2D eigenvalue weighted by Gasteiger charge is 2.32. The van der Waals surface area contributed by atoms with Crippen LogP contribution >= 0.6 is 0 Å². The van der Waals surface area contributed by atoms with Gasteiger partial charge in [0.15, 0.2) is 0 Å². The zero-order valence-corrected chi connectivity index (χ0v) is 19.4. The number of benzene rings is 1. The van der Waals surface area contributed by atoms with Crippen LogP contribution in [0.25, 0.3) is 11.5 Å². The van der Waals surface area contributed by atoms with E-state index in [9.17, 15) is 4.79 Å². The van der Waals surface area contributed by atoms with Gasteiger partial charge in [-0.25, -0.2) is 0 Å². The Hall–Kier alpha value is -2.47. The van der Waals surface area contributed by atoms with Crippen molar-refractivity contribution in [3.8, 4) is 11.5 Å². The van der Waals surface area contributed by atoms with Crippen LogP contribution in [0.3, 0.4) is 0 Å². The second kappa shape index (κ2) is 10.7. The van der Waals surface area contributed by atoms with Gasteiger partial charge >= 0.3 is 0 Å². The first-order chi connectivity index (χ1) is 14.8. The molecule has 0 aliphatic heterocycles. The minimum absolute atomic E-state index is 0.0182. The van der Waals surface area contributed by atoms with Crippen LogP contribution in [-0.4, -0.2) is 35.7 Å². The van der Waals surface area contributed by atoms with E-state index >= 15 is 0 Å². The van der Waals surface area contributed by atoms with Crippen LogP contribution in [0, 0.1) is 30.6 Å². The summed E-state index contributed by atoms with van der Waals surface area (Å²) in [5, 5.41) is 14.9. The molecular weight excluding hydrogens is 388 g/mol. The van der Waals surface area contributed by atoms with Gasteiger partial charge in [-0.15, -0.1) is 10.2 Å². The number of amides is 1. The summed E-state index contributed by atoms with van der Waals surface area (Å²) in [5.41, 5.74) is 3.58. The molecule has 0 saturated heterocycles. The smallest absolute Gasteiger partial charge is 0.247 e. The van der Waals surface area contributed by atoms with Gasteiger partial charge in [0.05, 0.1) is 0 Å². The van der Waals surface area contributed by atoms with Gasteiger partial charge in [0.25, 0.3) is 0 Å². The molecule has 6 nitrogen and oxygen atoms in total. The molecular formula is C25H36N4O2. The number of aromatic nitrogens is 2. The van der Waals surface area contributed by atoms with E-state index in [-0.39, 0.29) is 5.91 Å². The number of hydrogen-bond acceptors (Lipinski definition) is 5. The number of rotatable bonds is 9. The van der Waals surface area contributed by atoms with Crippen molar-refractivity contribution in [1.82, 2.24) is 20.8 Å². The van der Waals surface area contributed by atoms with Crippen LogP contribution in [0.15, 0.2) is 40.3 Å². The first-order valence-corrected chi connectivity index (χ1v) is 11.4. The number of hydrogen-bond donors (Lipinski definition) is 2. The number of nitrogens with zero attached hydrogens (tertiary/aromatic N) is 2. The highest BCUT2D eigenvalue weighted by molar-refractivity contribution is 5.72. The fraction of sp³-hybridized carbons (Fsp3) is 0.560. The van der Waals surface area contributed by atoms with E-state index in [0.29, 0.717) is 42.0 Å². The number of aryl methyl sites for hydroxylation is 1. The monoisotopic (exact) mass is 424 g/mol. The van der Waals surface area contributed by atoms with Crippen LogP contribution in [0.5, 0.6) is 0 Å². The number of carbonyl (C=O) groups excluding carboxylic acids is 1. The second-order valence-corrected chi connectivity index (χ2v) is 9.17. The topological polar surface area (TPSA) is 80.0 Å². The molecule has 1 aromatic carbocycles. The number of nitrogens with one attached hydrogen (secondary N) is 2. The molecule has 168 valence electrons. The fourth-order valence-electron chi connectivity index (χ4n) is 4.46. The normalized spacial score (nSPS) is 21.2. The summed E-state index contributed by atoms with van der Waals surface area (Å²) >= 11 is 0. The molecule has 3 unspecified atom stereocenters. The molecule has 0 radical (unpaired) electrons. The van der Waals surface area contributed by atoms with E-state index in [1.54, 1.807) is 6.92 Å². The lowest BCUT2D eigenvalue weighted by molar-refractivity contribution is -0.118. The third-order valence-electron chi connectivity index (χ3n) is 6.33. The summed E-state index contributed by atoms with van der Waals surface area (Å²) in [6, 6.07) is 8.17. The Morgan fingerprint density at radius 3 is 2.58 bits per heavy atom. The molecule has 3 rings (SSSR count). The van der Waals surface area contributed by atoms with Gasteiger partial charge in [-0.1, -0.05) is 43.2 Å². The molecule has 0 fully saturated rings. The van der Waals surface area contributed by atoms with Crippen LogP contribution < -0.4 is 10.6 Å². The van der Waals surface area contributed by atoms with E-state index < -0.39 is 0 Å². The molecule has 1 aliphatic rings. The SMILES string of the molecule is CC(=O)NCCNCC1C=C(C)C(Cc2nnc(-c3ccc(C)cc3)o2)CC1C(C)C. The lowest BCUT2D eigenvalue weighted by Gasteiger charge is -2.37. The summed E-state index contributed by atoms with van der Waals surface area (Å²) in [7, 11) is 0. The molecule has 2 N–H and O–H groups in total. The van der Waals surface area contributed by atoms with E-state index in [1.165, 1.54) is 11.1 Å². The minimum atomic E-state index is 0.0182. The van der Waals surface area contributed by atoms with Crippen molar-refractivity contribution in [2.45, 2.75) is 47.5 Å². The molecule has 1 aliphatic carbocycles. The molecule has 1 amide bonds. The van der Waals surface area contributed by atoms with Crippen molar-refractivity contribution < 1.29 is 9.21 Å². The third kappa shape index (κ3) is 6.50. The molecule has 31 heavy (non-hydrogen) atoms. The maximum Gasteiger partial charge on any atom is 0.247 e. The van der Waals surface area contributed by atoms with Crippen molar-refractivity contribution in [2.75, 3.05) is 19.6 Å². The average molecular weight is 425 g/mol. The highest BCUT2D eigenvalue weighted by Crippen LogP contribution is 2.38. The molecule has 0 bridgehead atoms. The van der Waals surface area contributed by atoms with Crippen LogP contribution in [0.2, 0.25) is 0 Å². The predicted octanol–water partition coefficient (Wildman–Crippen LogP) is 4.17. The van der Waals surface area contributed by atoms with Crippen LogP contribution in [0.4, 0.5) is 0 Å². The molecule has 6 heteroatoms. The summed E-state index contributed by atoms with van der Waals surface area (Å²) in [6.45, 7) is 12.9. The Morgan fingerprint density at radius 2 is 1.90 bits per heavy atom.